The van der Waals surface area contributed by atoms with Crippen molar-refractivity contribution in [2.75, 3.05) is 12.0 Å². The van der Waals surface area contributed by atoms with Gasteiger partial charge in [-0.15, -0.1) is 0 Å². The first kappa shape index (κ1) is 12.4. The predicted octanol–water partition coefficient (Wildman–Crippen LogP) is 2.08. The van der Waals surface area contributed by atoms with E-state index in [-0.39, 0.29) is 5.91 Å². The number of hydrogen-bond acceptors (Lipinski definition) is 3. The van der Waals surface area contributed by atoms with Crippen molar-refractivity contribution in [2.24, 2.45) is 0 Å². The van der Waals surface area contributed by atoms with Crippen molar-refractivity contribution in [3.05, 3.63) is 0 Å². The van der Waals surface area contributed by atoms with Crippen LogP contribution in [0.15, 0.2) is 0 Å². The Hall–Kier alpha value is -0.690. The standard InChI is InChI=1S/C11H18N2OS/c1-15-8-10(14)13-11(9-12)6-4-2-3-5-7-11/h2-8H2,1H3,(H,13,14). The molecule has 84 valence electrons. The van der Waals surface area contributed by atoms with Crippen molar-refractivity contribution < 1.29 is 4.79 Å². The van der Waals surface area contributed by atoms with Gasteiger partial charge in [0.25, 0.3) is 0 Å². The van der Waals surface area contributed by atoms with Crippen LogP contribution in [0.4, 0.5) is 0 Å². The highest BCUT2D eigenvalue weighted by molar-refractivity contribution is 7.99. The van der Waals surface area contributed by atoms with Crippen LogP contribution < -0.4 is 5.32 Å². The fourth-order valence-corrected chi connectivity index (χ4v) is 2.37. The molecule has 1 rings (SSSR count). The van der Waals surface area contributed by atoms with Gasteiger partial charge in [0.1, 0.15) is 5.54 Å². The number of nitrogens with one attached hydrogen (secondary N) is 1. The Morgan fingerprint density at radius 1 is 1.40 bits per heavy atom. The summed E-state index contributed by atoms with van der Waals surface area (Å²) in [4.78, 5) is 11.5. The van der Waals surface area contributed by atoms with Gasteiger partial charge in [0.05, 0.1) is 11.8 Å². The van der Waals surface area contributed by atoms with Crippen LogP contribution in [0.3, 0.4) is 0 Å². The molecular formula is C11H18N2OS. The van der Waals surface area contributed by atoms with Gasteiger partial charge in [-0.3, -0.25) is 4.79 Å². The molecule has 0 aromatic heterocycles. The second-order valence-corrected chi connectivity index (χ2v) is 4.96. The second-order valence-electron chi connectivity index (χ2n) is 4.09. The van der Waals surface area contributed by atoms with Gasteiger partial charge in [-0.1, -0.05) is 25.7 Å². The largest absolute Gasteiger partial charge is 0.337 e. The van der Waals surface area contributed by atoms with Gasteiger partial charge in [0.15, 0.2) is 0 Å². The van der Waals surface area contributed by atoms with Gasteiger partial charge >= 0.3 is 0 Å². The molecule has 0 saturated heterocycles. The lowest BCUT2D eigenvalue weighted by Gasteiger charge is -2.26. The zero-order valence-electron chi connectivity index (χ0n) is 9.21. The number of amides is 1. The fourth-order valence-electron chi connectivity index (χ4n) is 2.03. The molecule has 1 saturated carbocycles. The van der Waals surface area contributed by atoms with E-state index >= 15 is 0 Å². The number of carbonyl (C=O) groups excluding carboxylic acids is 1. The van der Waals surface area contributed by atoms with E-state index in [0.29, 0.717) is 5.75 Å². The monoisotopic (exact) mass is 226 g/mol. The molecule has 1 fully saturated rings. The minimum Gasteiger partial charge on any atom is -0.337 e. The third-order valence-electron chi connectivity index (χ3n) is 2.83. The number of carbonyl (C=O) groups is 1. The van der Waals surface area contributed by atoms with Gasteiger partial charge in [0.2, 0.25) is 5.91 Å². The molecule has 1 aliphatic carbocycles. The van der Waals surface area contributed by atoms with E-state index in [0.717, 1.165) is 25.7 Å². The Bertz CT molecular complexity index is 252. The van der Waals surface area contributed by atoms with Gasteiger partial charge in [0, 0.05) is 0 Å². The topological polar surface area (TPSA) is 52.9 Å². The molecule has 0 unspecified atom stereocenters. The van der Waals surface area contributed by atoms with Crippen molar-refractivity contribution in [1.29, 1.82) is 5.26 Å². The summed E-state index contributed by atoms with van der Waals surface area (Å²) in [5, 5.41) is 12.1. The number of rotatable bonds is 3. The van der Waals surface area contributed by atoms with Crippen molar-refractivity contribution >= 4 is 17.7 Å². The van der Waals surface area contributed by atoms with E-state index in [4.69, 9.17) is 0 Å². The van der Waals surface area contributed by atoms with E-state index < -0.39 is 5.54 Å². The smallest absolute Gasteiger partial charge is 0.231 e. The van der Waals surface area contributed by atoms with Gasteiger partial charge in [-0.05, 0) is 19.1 Å². The maximum atomic E-state index is 11.5. The Balaban J connectivity index is 2.58. The summed E-state index contributed by atoms with van der Waals surface area (Å²) in [6, 6.07) is 2.31. The third kappa shape index (κ3) is 3.75. The van der Waals surface area contributed by atoms with Crippen molar-refractivity contribution in [2.45, 2.75) is 44.1 Å². The normalized spacial score (nSPS) is 20.0. The van der Waals surface area contributed by atoms with Gasteiger partial charge in [-0.25, -0.2) is 0 Å². The summed E-state index contributed by atoms with van der Waals surface area (Å²) < 4.78 is 0. The molecule has 0 spiro atoms. The Morgan fingerprint density at radius 2 is 2.00 bits per heavy atom. The predicted molar refractivity (Wildman–Crippen MR) is 62.6 cm³/mol. The first-order chi connectivity index (χ1) is 7.22. The van der Waals surface area contributed by atoms with E-state index in [9.17, 15) is 10.1 Å². The van der Waals surface area contributed by atoms with Crippen LogP contribution in [0, 0.1) is 11.3 Å². The zero-order chi connectivity index (χ0) is 11.1. The lowest BCUT2D eigenvalue weighted by molar-refractivity contribution is -0.120. The molecule has 0 aromatic rings. The summed E-state index contributed by atoms with van der Waals surface area (Å²) in [5.41, 5.74) is -0.580. The Morgan fingerprint density at radius 3 is 2.47 bits per heavy atom. The molecule has 1 N–H and O–H groups in total. The molecule has 4 heteroatoms. The maximum Gasteiger partial charge on any atom is 0.231 e. The first-order valence-electron chi connectivity index (χ1n) is 5.44. The van der Waals surface area contributed by atoms with Crippen LogP contribution in [-0.2, 0) is 4.79 Å². The highest BCUT2D eigenvalue weighted by atomic mass is 32.2. The van der Waals surface area contributed by atoms with Crippen LogP contribution in [0.1, 0.15) is 38.5 Å². The summed E-state index contributed by atoms with van der Waals surface area (Å²) >= 11 is 1.49. The average Bonchev–Trinajstić information content (AvgIpc) is 2.44. The second kappa shape index (κ2) is 6.02. The Labute approximate surface area is 95.6 Å². The average molecular weight is 226 g/mol. The number of hydrogen-bond donors (Lipinski definition) is 1. The molecule has 0 radical (unpaired) electrons. The quantitative estimate of drug-likeness (QED) is 0.750. The number of thioether (sulfide) groups is 1. The van der Waals surface area contributed by atoms with E-state index in [1.54, 1.807) is 0 Å². The molecule has 15 heavy (non-hydrogen) atoms. The van der Waals surface area contributed by atoms with Crippen LogP contribution in [0.5, 0.6) is 0 Å². The van der Waals surface area contributed by atoms with Crippen LogP contribution in [0.25, 0.3) is 0 Å². The number of nitriles is 1. The number of nitrogens with zero attached hydrogens (tertiary/aromatic N) is 1. The third-order valence-corrected chi connectivity index (χ3v) is 3.38. The molecule has 0 bridgehead atoms. The lowest BCUT2D eigenvalue weighted by atomic mass is 9.92. The highest BCUT2D eigenvalue weighted by Gasteiger charge is 2.32. The lowest BCUT2D eigenvalue weighted by Crippen LogP contribution is -2.47. The van der Waals surface area contributed by atoms with Gasteiger partial charge < -0.3 is 5.32 Å². The van der Waals surface area contributed by atoms with Crippen molar-refractivity contribution in [3.8, 4) is 6.07 Å². The van der Waals surface area contributed by atoms with E-state index in [1.165, 1.54) is 24.6 Å². The van der Waals surface area contributed by atoms with E-state index in [2.05, 4.69) is 11.4 Å². The van der Waals surface area contributed by atoms with Crippen molar-refractivity contribution in [3.63, 3.8) is 0 Å². The van der Waals surface area contributed by atoms with Crippen molar-refractivity contribution in [1.82, 2.24) is 5.32 Å². The molecular weight excluding hydrogens is 208 g/mol. The molecule has 0 aromatic carbocycles. The summed E-state index contributed by atoms with van der Waals surface area (Å²) in [5.74, 6) is 0.439. The molecule has 1 amide bonds. The fraction of sp³-hybridized carbons (Fsp3) is 0.818. The van der Waals surface area contributed by atoms with Gasteiger partial charge in [-0.2, -0.15) is 17.0 Å². The molecule has 3 nitrogen and oxygen atoms in total. The summed E-state index contributed by atoms with van der Waals surface area (Å²) in [6.45, 7) is 0. The Kier molecular flexibility index (Phi) is 4.97. The van der Waals surface area contributed by atoms with Crippen LogP contribution in [-0.4, -0.2) is 23.5 Å². The van der Waals surface area contributed by atoms with Crippen LogP contribution >= 0.6 is 11.8 Å². The summed E-state index contributed by atoms with van der Waals surface area (Å²) in [7, 11) is 0. The van der Waals surface area contributed by atoms with Crippen LogP contribution in [0.2, 0.25) is 0 Å². The molecule has 0 aliphatic heterocycles. The summed E-state index contributed by atoms with van der Waals surface area (Å²) in [6.07, 6.45) is 7.98. The SMILES string of the molecule is CSCC(=O)NC1(C#N)CCCCCC1. The minimum absolute atomic E-state index is 0.00838. The highest BCUT2D eigenvalue weighted by Crippen LogP contribution is 2.26. The maximum absolute atomic E-state index is 11.5. The van der Waals surface area contributed by atoms with E-state index in [1.807, 2.05) is 6.26 Å². The zero-order valence-corrected chi connectivity index (χ0v) is 10.0. The molecule has 0 heterocycles. The minimum atomic E-state index is -0.580. The molecule has 0 atom stereocenters. The molecule has 1 aliphatic rings. The first-order valence-corrected chi connectivity index (χ1v) is 6.83.